The third-order valence-electron chi connectivity index (χ3n) is 1.76. The van der Waals surface area contributed by atoms with Crippen molar-refractivity contribution in [2.24, 2.45) is 0 Å². The molecule has 72 valence electrons. The van der Waals surface area contributed by atoms with Gasteiger partial charge in [0.15, 0.2) is 5.78 Å². The second kappa shape index (κ2) is 5.51. The van der Waals surface area contributed by atoms with Crippen molar-refractivity contribution in [3.63, 3.8) is 0 Å². The summed E-state index contributed by atoms with van der Waals surface area (Å²) in [6.07, 6.45) is 0.789. The highest BCUT2D eigenvalue weighted by atomic mass is 32.1. The largest absolute Gasteiger partial charge is 0.295 e. The molecule has 0 spiro atoms. The van der Waals surface area contributed by atoms with Gasteiger partial charge in [0.2, 0.25) is 0 Å². The number of hydrogen-bond donors (Lipinski definition) is 1. The maximum absolute atomic E-state index is 11.0. The van der Waals surface area contributed by atoms with Gasteiger partial charge in [0.25, 0.3) is 0 Å². The van der Waals surface area contributed by atoms with Crippen LogP contribution in [-0.2, 0) is 0 Å². The Bertz CT molecular complexity index is 368. The summed E-state index contributed by atoms with van der Waals surface area (Å²) in [5.41, 5.74) is 1.67. The third kappa shape index (κ3) is 3.27. The van der Waals surface area contributed by atoms with Gasteiger partial charge in [-0.05, 0) is 19.1 Å². The van der Waals surface area contributed by atoms with Crippen molar-refractivity contribution in [2.45, 2.75) is 13.3 Å². The first kappa shape index (κ1) is 10.9. The van der Waals surface area contributed by atoms with E-state index in [4.69, 9.17) is 0 Å². The SMILES string of the molecule is CC(=O)c1ccc(C#CCCS)cc1. The van der Waals surface area contributed by atoms with Crippen LogP contribution in [0, 0.1) is 11.8 Å². The van der Waals surface area contributed by atoms with E-state index in [0.29, 0.717) is 0 Å². The Morgan fingerprint density at radius 2 is 2.00 bits per heavy atom. The Labute approximate surface area is 89.9 Å². The van der Waals surface area contributed by atoms with Gasteiger partial charge in [-0.3, -0.25) is 4.79 Å². The van der Waals surface area contributed by atoms with Gasteiger partial charge in [-0.25, -0.2) is 0 Å². The van der Waals surface area contributed by atoms with Gasteiger partial charge < -0.3 is 0 Å². The Morgan fingerprint density at radius 3 is 2.50 bits per heavy atom. The van der Waals surface area contributed by atoms with Crippen molar-refractivity contribution in [2.75, 3.05) is 5.75 Å². The molecule has 0 amide bonds. The van der Waals surface area contributed by atoms with Crippen molar-refractivity contribution >= 4 is 18.4 Å². The van der Waals surface area contributed by atoms with Crippen LogP contribution in [0.5, 0.6) is 0 Å². The lowest BCUT2D eigenvalue weighted by atomic mass is 10.1. The van der Waals surface area contributed by atoms with Gasteiger partial charge in [-0.1, -0.05) is 24.0 Å². The zero-order chi connectivity index (χ0) is 10.4. The smallest absolute Gasteiger partial charge is 0.159 e. The molecule has 0 aliphatic carbocycles. The zero-order valence-electron chi connectivity index (χ0n) is 8.08. The van der Waals surface area contributed by atoms with Crippen LogP contribution in [0.4, 0.5) is 0 Å². The summed E-state index contributed by atoms with van der Waals surface area (Å²) in [6, 6.07) is 7.32. The van der Waals surface area contributed by atoms with E-state index in [1.807, 2.05) is 12.1 Å². The van der Waals surface area contributed by atoms with Gasteiger partial charge in [-0.2, -0.15) is 12.6 Å². The predicted octanol–water partition coefficient (Wildman–Crippen LogP) is 2.56. The van der Waals surface area contributed by atoms with E-state index in [9.17, 15) is 4.79 Å². The number of Topliss-reactive ketones (excluding diaryl/α,β-unsaturated/α-hetero) is 1. The van der Waals surface area contributed by atoms with E-state index in [-0.39, 0.29) is 5.78 Å². The van der Waals surface area contributed by atoms with Crippen molar-refractivity contribution in [3.05, 3.63) is 35.4 Å². The lowest BCUT2D eigenvalue weighted by molar-refractivity contribution is 0.101. The van der Waals surface area contributed by atoms with Gasteiger partial charge in [0, 0.05) is 23.3 Å². The minimum atomic E-state index is 0.0832. The van der Waals surface area contributed by atoms with E-state index in [0.717, 1.165) is 23.3 Å². The Balaban J connectivity index is 2.75. The van der Waals surface area contributed by atoms with E-state index < -0.39 is 0 Å². The van der Waals surface area contributed by atoms with Crippen molar-refractivity contribution in [1.82, 2.24) is 0 Å². The molecular weight excluding hydrogens is 192 g/mol. The number of ketones is 1. The molecule has 0 aliphatic rings. The summed E-state index contributed by atoms with van der Waals surface area (Å²) in [5, 5.41) is 0. The van der Waals surface area contributed by atoms with E-state index in [2.05, 4.69) is 24.5 Å². The lowest BCUT2D eigenvalue weighted by Gasteiger charge is -1.94. The van der Waals surface area contributed by atoms with Gasteiger partial charge >= 0.3 is 0 Å². The topological polar surface area (TPSA) is 17.1 Å². The van der Waals surface area contributed by atoms with Crippen LogP contribution >= 0.6 is 12.6 Å². The number of carbonyl (C=O) groups excluding carboxylic acids is 1. The molecule has 1 aromatic rings. The minimum absolute atomic E-state index is 0.0832. The summed E-state index contributed by atoms with van der Waals surface area (Å²) in [5.74, 6) is 6.85. The molecular formula is C12H12OS. The fraction of sp³-hybridized carbons (Fsp3) is 0.250. The van der Waals surface area contributed by atoms with E-state index in [1.165, 1.54) is 0 Å². The second-order valence-electron chi connectivity index (χ2n) is 2.91. The average molecular weight is 204 g/mol. The first-order valence-electron chi connectivity index (χ1n) is 4.45. The molecule has 0 aliphatic heterocycles. The summed E-state index contributed by atoms with van der Waals surface area (Å²) in [7, 11) is 0. The second-order valence-corrected chi connectivity index (χ2v) is 3.36. The molecule has 0 aromatic heterocycles. The molecule has 0 saturated heterocycles. The van der Waals surface area contributed by atoms with Crippen LogP contribution in [0.1, 0.15) is 29.3 Å². The van der Waals surface area contributed by atoms with Crippen molar-refractivity contribution in [1.29, 1.82) is 0 Å². The Morgan fingerprint density at radius 1 is 1.36 bits per heavy atom. The zero-order valence-corrected chi connectivity index (χ0v) is 8.97. The third-order valence-corrected chi connectivity index (χ3v) is 1.98. The molecule has 1 nitrogen and oxygen atoms in total. The average Bonchev–Trinajstić information content (AvgIpc) is 2.19. The normalized spacial score (nSPS) is 9.00. The molecule has 0 unspecified atom stereocenters. The Kier molecular flexibility index (Phi) is 4.28. The number of rotatable bonds is 2. The first-order valence-corrected chi connectivity index (χ1v) is 5.08. The maximum atomic E-state index is 11.0. The quantitative estimate of drug-likeness (QED) is 0.445. The summed E-state index contributed by atoms with van der Waals surface area (Å²) in [6.45, 7) is 1.56. The fourth-order valence-corrected chi connectivity index (χ4v) is 1.12. The Hall–Kier alpha value is -1.20. The van der Waals surface area contributed by atoms with Crippen LogP contribution in [0.15, 0.2) is 24.3 Å². The predicted molar refractivity (Wildman–Crippen MR) is 61.8 cm³/mol. The molecule has 2 heteroatoms. The van der Waals surface area contributed by atoms with Crippen LogP contribution < -0.4 is 0 Å². The van der Waals surface area contributed by atoms with Crippen LogP contribution in [0.3, 0.4) is 0 Å². The van der Waals surface area contributed by atoms with Crippen LogP contribution in [-0.4, -0.2) is 11.5 Å². The highest BCUT2D eigenvalue weighted by Gasteiger charge is 1.96. The molecule has 14 heavy (non-hydrogen) atoms. The molecule has 0 radical (unpaired) electrons. The van der Waals surface area contributed by atoms with E-state index in [1.54, 1.807) is 19.1 Å². The number of thiol groups is 1. The molecule has 0 heterocycles. The van der Waals surface area contributed by atoms with Gasteiger partial charge in [0.05, 0.1) is 0 Å². The summed E-state index contributed by atoms with van der Waals surface area (Å²) in [4.78, 5) is 11.0. The highest BCUT2D eigenvalue weighted by molar-refractivity contribution is 7.80. The highest BCUT2D eigenvalue weighted by Crippen LogP contribution is 2.03. The van der Waals surface area contributed by atoms with Gasteiger partial charge in [-0.15, -0.1) is 0 Å². The molecule has 0 atom stereocenters. The summed E-state index contributed by atoms with van der Waals surface area (Å²) < 4.78 is 0. The maximum Gasteiger partial charge on any atom is 0.159 e. The molecule has 1 rings (SSSR count). The lowest BCUT2D eigenvalue weighted by Crippen LogP contribution is -1.90. The number of carbonyl (C=O) groups is 1. The fourth-order valence-electron chi connectivity index (χ4n) is 1.01. The molecule has 0 bridgehead atoms. The first-order chi connectivity index (χ1) is 6.74. The molecule has 0 fully saturated rings. The standard InChI is InChI=1S/C12H12OS/c1-10(13)12-7-5-11(6-8-12)4-2-3-9-14/h5-8,14H,3,9H2,1H3. The monoisotopic (exact) mass is 204 g/mol. The summed E-state index contributed by atoms with van der Waals surface area (Å²) >= 11 is 4.06. The number of hydrogen-bond acceptors (Lipinski definition) is 2. The molecule has 0 saturated carbocycles. The molecule has 1 aromatic carbocycles. The van der Waals surface area contributed by atoms with E-state index >= 15 is 0 Å². The van der Waals surface area contributed by atoms with Crippen LogP contribution in [0.2, 0.25) is 0 Å². The minimum Gasteiger partial charge on any atom is -0.295 e. The van der Waals surface area contributed by atoms with Gasteiger partial charge in [0.1, 0.15) is 0 Å². The van der Waals surface area contributed by atoms with Crippen LogP contribution in [0.25, 0.3) is 0 Å². The van der Waals surface area contributed by atoms with Crippen molar-refractivity contribution < 1.29 is 4.79 Å². The number of benzene rings is 1. The van der Waals surface area contributed by atoms with Crippen molar-refractivity contribution in [3.8, 4) is 11.8 Å². The molecule has 0 N–H and O–H groups in total.